The van der Waals surface area contributed by atoms with Gasteiger partial charge in [-0.2, -0.15) is 0 Å². The Balaban J connectivity index is 2.55. The second-order valence-corrected chi connectivity index (χ2v) is 4.68. The van der Waals surface area contributed by atoms with Crippen LogP contribution in [0.1, 0.15) is 36.5 Å². The van der Waals surface area contributed by atoms with Gasteiger partial charge in [-0.3, -0.25) is 9.59 Å². The van der Waals surface area contributed by atoms with E-state index in [-0.39, 0.29) is 5.91 Å². The van der Waals surface area contributed by atoms with Gasteiger partial charge < -0.3 is 16.8 Å². The average Bonchev–Trinajstić information content (AvgIpc) is 2.37. The highest BCUT2D eigenvalue weighted by molar-refractivity contribution is 6.02. The molecule has 1 aromatic rings. The molecule has 0 saturated heterocycles. The van der Waals surface area contributed by atoms with E-state index in [0.29, 0.717) is 30.1 Å². The number of carbonyl (C=O) groups excluding carboxylic acids is 2. The summed E-state index contributed by atoms with van der Waals surface area (Å²) >= 11 is 0. The molecule has 0 saturated carbocycles. The summed E-state index contributed by atoms with van der Waals surface area (Å²) in [6, 6.07) is 6.72. The van der Waals surface area contributed by atoms with Crippen LogP contribution in [0.5, 0.6) is 0 Å². The summed E-state index contributed by atoms with van der Waals surface area (Å²) in [5.74, 6) is -0.243. The molecule has 0 aliphatic rings. The monoisotopic (exact) mass is 263 g/mol. The lowest BCUT2D eigenvalue weighted by atomic mass is 10.0. The van der Waals surface area contributed by atoms with Crippen LogP contribution in [0, 0.1) is 5.92 Å². The summed E-state index contributed by atoms with van der Waals surface area (Å²) in [6.07, 6.45) is 2.10. The first kappa shape index (κ1) is 15.2. The minimum Gasteiger partial charge on any atom is -0.366 e. The molecule has 1 unspecified atom stereocenters. The molecule has 19 heavy (non-hydrogen) atoms. The van der Waals surface area contributed by atoms with Crippen molar-refractivity contribution in [2.24, 2.45) is 17.4 Å². The molecule has 0 aliphatic heterocycles. The second kappa shape index (κ2) is 7.53. The fourth-order valence-corrected chi connectivity index (χ4v) is 1.83. The van der Waals surface area contributed by atoms with Gasteiger partial charge >= 0.3 is 0 Å². The highest BCUT2D eigenvalue weighted by atomic mass is 16.2. The molecule has 0 spiro atoms. The SMILES string of the molecule is CC(CCN)CCC(=O)Nc1ccccc1C(N)=O. The van der Waals surface area contributed by atoms with E-state index in [1.807, 2.05) is 0 Å². The van der Waals surface area contributed by atoms with E-state index in [2.05, 4.69) is 12.2 Å². The number of rotatable bonds is 7. The van der Waals surface area contributed by atoms with Crippen LogP contribution >= 0.6 is 0 Å². The molecule has 1 rings (SSSR count). The molecule has 0 aliphatic carbocycles. The molecule has 2 amide bonds. The van der Waals surface area contributed by atoms with Gasteiger partial charge in [0, 0.05) is 6.42 Å². The van der Waals surface area contributed by atoms with Crippen LogP contribution in [-0.4, -0.2) is 18.4 Å². The van der Waals surface area contributed by atoms with Crippen molar-refractivity contribution in [1.82, 2.24) is 0 Å². The van der Waals surface area contributed by atoms with Gasteiger partial charge in [0.25, 0.3) is 5.91 Å². The molecular formula is C14H21N3O2. The highest BCUT2D eigenvalue weighted by Crippen LogP contribution is 2.16. The van der Waals surface area contributed by atoms with Crippen molar-refractivity contribution < 1.29 is 9.59 Å². The second-order valence-electron chi connectivity index (χ2n) is 4.68. The van der Waals surface area contributed by atoms with Crippen LogP contribution in [0.3, 0.4) is 0 Å². The zero-order valence-electron chi connectivity index (χ0n) is 11.2. The summed E-state index contributed by atoms with van der Waals surface area (Å²) in [5, 5.41) is 2.72. The predicted molar refractivity (Wildman–Crippen MR) is 75.7 cm³/mol. The Morgan fingerprint density at radius 1 is 1.26 bits per heavy atom. The average molecular weight is 263 g/mol. The van der Waals surface area contributed by atoms with Crippen molar-refractivity contribution in [2.75, 3.05) is 11.9 Å². The third-order valence-corrected chi connectivity index (χ3v) is 2.99. The maximum atomic E-state index is 11.8. The lowest BCUT2D eigenvalue weighted by Gasteiger charge is -2.11. The van der Waals surface area contributed by atoms with E-state index >= 15 is 0 Å². The molecule has 0 radical (unpaired) electrons. The predicted octanol–water partition coefficient (Wildman–Crippen LogP) is 1.49. The minimum absolute atomic E-state index is 0.113. The van der Waals surface area contributed by atoms with Crippen molar-refractivity contribution in [1.29, 1.82) is 0 Å². The molecule has 5 heteroatoms. The summed E-state index contributed by atoms with van der Waals surface area (Å²) in [5.41, 5.74) is 11.5. The van der Waals surface area contributed by atoms with Crippen molar-refractivity contribution in [3.05, 3.63) is 29.8 Å². The molecule has 0 heterocycles. The quantitative estimate of drug-likeness (QED) is 0.695. The fourth-order valence-electron chi connectivity index (χ4n) is 1.83. The maximum Gasteiger partial charge on any atom is 0.250 e. The number of hydrogen-bond acceptors (Lipinski definition) is 3. The Morgan fingerprint density at radius 3 is 2.58 bits per heavy atom. The normalized spacial score (nSPS) is 11.9. The molecule has 0 fully saturated rings. The number of hydrogen-bond donors (Lipinski definition) is 3. The van der Waals surface area contributed by atoms with Gasteiger partial charge in [0.05, 0.1) is 11.3 Å². The number of carbonyl (C=O) groups is 2. The molecule has 5 nitrogen and oxygen atoms in total. The van der Waals surface area contributed by atoms with Crippen molar-refractivity contribution in [3.8, 4) is 0 Å². The van der Waals surface area contributed by atoms with Crippen LogP contribution in [0.4, 0.5) is 5.69 Å². The van der Waals surface area contributed by atoms with Crippen LogP contribution in [0.25, 0.3) is 0 Å². The van der Waals surface area contributed by atoms with Gasteiger partial charge in [0.2, 0.25) is 5.91 Å². The minimum atomic E-state index is -0.549. The van der Waals surface area contributed by atoms with E-state index in [9.17, 15) is 9.59 Å². The third kappa shape index (κ3) is 5.09. The van der Waals surface area contributed by atoms with Crippen molar-refractivity contribution in [3.63, 3.8) is 0 Å². The Bertz CT molecular complexity index is 446. The standard InChI is InChI=1S/C14H21N3O2/c1-10(8-9-15)6-7-13(18)17-12-5-3-2-4-11(12)14(16)19/h2-5,10H,6-9,15H2,1H3,(H2,16,19)(H,17,18). The summed E-state index contributed by atoms with van der Waals surface area (Å²) in [6.45, 7) is 2.70. The van der Waals surface area contributed by atoms with Crippen molar-refractivity contribution >= 4 is 17.5 Å². The topological polar surface area (TPSA) is 98.2 Å². The van der Waals surface area contributed by atoms with Gasteiger partial charge in [0.1, 0.15) is 0 Å². The first-order valence-electron chi connectivity index (χ1n) is 6.43. The van der Waals surface area contributed by atoms with Crippen LogP contribution < -0.4 is 16.8 Å². The Morgan fingerprint density at radius 2 is 1.95 bits per heavy atom. The van der Waals surface area contributed by atoms with Crippen LogP contribution in [0.15, 0.2) is 24.3 Å². The lowest BCUT2D eigenvalue weighted by Crippen LogP contribution is -2.18. The molecule has 104 valence electrons. The number of amides is 2. The summed E-state index contributed by atoms with van der Waals surface area (Å²) in [4.78, 5) is 23.0. The van der Waals surface area contributed by atoms with Gasteiger partial charge in [-0.05, 0) is 37.4 Å². The molecule has 0 aromatic heterocycles. The molecule has 5 N–H and O–H groups in total. The summed E-state index contributed by atoms with van der Waals surface area (Å²) < 4.78 is 0. The third-order valence-electron chi connectivity index (χ3n) is 2.99. The van der Waals surface area contributed by atoms with E-state index in [1.54, 1.807) is 24.3 Å². The largest absolute Gasteiger partial charge is 0.366 e. The van der Waals surface area contributed by atoms with Crippen LogP contribution in [-0.2, 0) is 4.79 Å². The van der Waals surface area contributed by atoms with E-state index in [4.69, 9.17) is 11.5 Å². The number of nitrogens with one attached hydrogen (secondary N) is 1. The van der Waals surface area contributed by atoms with Gasteiger partial charge in [-0.15, -0.1) is 0 Å². The Labute approximate surface area is 113 Å². The van der Waals surface area contributed by atoms with E-state index < -0.39 is 5.91 Å². The molecular weight excluding hydrogens is 242 g/mol. The Hall–Kier alpha value is -1.88. The molecule has 1 atom stereocenters. The van der Waals surface area contributed by atoms with E-state index in [1.165, 1.54) is 0 Å². The zero-order chi connectivity index (χ0) is 14.3. The molecule has 1 aromatic carbocycles. The lowest BCUT2D eigenvalue weighted by molar-refractivity contribution is -0.116. The number of benzene rings is 1. The Kier molecular flexibility index (Phi) is 6.02. The maximum absolute atomic E-state index is 11.8. The first-order chi connectivity index (χ1) is 9.04. The number of para-hydroxylation sites is 1. The van der Waals surface area contributed by atoms with E-state index in [0.717, 1.165) is 12.8 Å². The number of anilines is 1. The van der Waals surface area contributed by atoms with Crippen LogP contribution in [0.2, 0.25) is 0 Å². The fraction of sp³-hybridized carbons (Fsp3) is 0.429. The highest BCUT2D eigenvalue weighted by Gasteiger charge is 2.11. The van der Waals surface area contributed by atoms with Gasteiger partial charge in [-0.1, -0.05) is 19.1 Å². The van der Waals surface area contributed by atoms with Crippen molar-refractivity contribution in [2.45, 2.75) is 26.2 Å². The first-order valence-corrected chi connectivity index (χ1v) is 6.43. The summed E-state index contributed by atoms with van der Waals surface area (Å²) in [7, 11) is 0. The molecule has 0 bridgehead atoms. The van der Waals surface area contributed by atoms with Gasteiger partial charge in [0.15, 0.2) is 0 Å². The zero-order valence-corrected chi connectivity index (χ0v) is 11.2. The number of primary amides is 1. The number of nitrogens with two attached hydrogens (primary N) is 2. The van der Waals surface area contributed by atoms with Gasteiger partial charge in [-0.25, -0.2) is 0 Å². The smallest absolute Gasteiger partial charge is 0.250 e.